The summed E-state index contributed by atoms with van der Waals surface area (Å²) in [5, 5.41) is 8.51. The van der Waals surface area contributed by atoms with Crippen LogP contribution in [0.3, 0.4) is 0 Å². The molecule has 4 nitrogen and oxygen atoms in total. The molecule has 0 bridgehead atoms. The predicted molar refractivity (Wildman–Crippen MR) is 90.3 cm³/mol. The van der Waals surface area contributed by atoms with E-state index in [1.165, 1.54) is 0 Å². The molecule has 122 valence electrons. The van der Waals surface area contributed by atoms with E-state index in [0.717, 1.165) is 22.3 Å². The fraction of sp³-hybridized carbons (Fsp3) is 0.200. The van der Waals surface area contributed by atoms with E-state index in [4.69, 9.17) is 11.2 Å². The van der Waals surface area contributed by atoms with Crippen LogP contribution < -0.4 is 0 Å². The second-order valence-corrected chi connectivity index (χ2v) is 5.20. The molecule has 24 heavy (non-hydrogen) atoms. The molecule has 0 saturated heterocycles. The minimum Gasteiger partial charge on any atom is -0.481 e. The number of carbonyl (C=O) groups excluding carboxylic acids is 1. The Balaban J connectivity index is 1.88. The Morgan fingerprint density at radius 1 is 1.00 bits per heavy atom. The third-order valence-corrected chi connectivity index (χ3v) is 3.20. The summed E-state index contributed by atoms with van der Waals surface area (Å²) >= 11 is 0. The first-order valence-corrected chi connectivity index (χ1v) is 7.43. The molecule has 0 radical (unpaired) electrons. The standard InChI is InChI=1S/C20H18O4/c1-15-2-4-16(5-3-15)6-7-17-8-10-18(11-9-17)14-24-20(23)13-12-19(21)22/h2-5,8-11H,12-14H2,1H3,(H,21,22)/i1D. The maximum absolute atomic E-state index is 11.4. The van der Waals surface area contributed by atoms with E-state index in [9.17, 15) is 9.59 Å². The van der Waals surface area contributed by atoms with Crippen LogP contribution in [0.5, 0.6) is 0 Å². The highest BCUT2D eigenvalue weighted by atomic mass is 16.5. The van der Waals surface area contributed by atoms with Gasteiger partial charge in [0.25, 0.3) is 0 Å². The number of hydrogen-bond donors (Lipinski definition) is 1. The van der Waals surface area contributed by atoms with E-state index < -0.39 is 11.9 Å². The van der Waals surface area contributed by atoms with Gasteiger partial charge in [0, 0.05) is 12.5 Å². The zero-order valence-electron chi connectivity index (χ0n) is 14.1. The van der Waals surface area contributed by atoms with E-state index in [1.54, 1.807) is 0 Å². The first-order chi connectivity index (χ1) is 12.1. The normalized spacial score (nSPS) is 10.2. The maximum atomic E-state index is 11.4. The van der Waals surface area contributed by atoms with E-state index in [2.05, 4.69) is 11.8 Å². The number of benzene rings is 2. The van der Waals surface area contributed by atoms with Crippen molar-refractivity contribution in [2.24, 2.45) is 0 Å². The topological polar surface area (TPSA) is 63.6 Å². The lowest BCUT2D eigenvalue weighted by atomic mass is 10.1. The van der Waals surface area contributed by atoms with Crippen LogP contribution in [0, 0.1) is 18.7 Å². The molecule has 1 N–H and O–H groups in total. The van der Waals surface area contributed by atoms with Crippen LogP contribution in [0.25, 0.3) is 0 Å². The summed E-state index contributed by atoms with van der Waals surface area (Å²) in [7, 11) is 0. The quantitative estimate of drug-likeness (QED) is 0.677. The Kier molecular flexibility index (Phi) is 5.63. The van der Waals surface area contributed by atoms with Crippen molar-refractivity contribution in [3.63, 3.8) is 0 Å². The summed E-state index contributed by atoms with van der Waals surface area (Å²) in [5.74, 6) is 4.57. The van der Waals surface area contributed by atoms with Gasteiger partial charge in [0.1, 0.15) is 6.61 Å². The molecule has 0 spiro atoms. The monoisotopic (exact) mass is 323 g/mol. The van der Waals surface area contributed by atoms with Gasteiger partial charge in [0.05, 0.1) is 12.8 Å². The number of esters is 1. The smallest absolute Gasteiger partial charge is 0.306 e. The van der Waals surface area contributed by atoms with E-state index >= 15 is 0 Å². The zero-order chi connectivity index (χ0) is 18.1. The summed E-state index contributed by atoms with van der Waals surface area (Å²) in [6, 6.07) is 14.9. The van der Waals surface area contributed by atoms with Crippen molar-refractivity contribution < 1.29 is 20.8 Å². The highest BCUT2D eigenvalue weighted by Crippen LogP contribution is 2.07. The van der Waals surface area contributed by atoms with Crippen molar-refractivity contribution in [2.45, 2.75) is 26.3 Å². The van der Waals surface area contributed by atoms with Crippen molar-refractivity contribution in [1.82, 2.24) is 0 Å². The Bertz CT molecular complexity index is 783. The molecular formula is C20H18O4. The van der Waals surface area contributed by atoms with Crippen LogP contribution in [0.2, 0.25) is 0 Å². The molecule has 0 unspecified atom stereocenters. The number of rotatable bonds is 5. The Morgan fingerprint density at radius 2 is 1.58 bits per heavy atom. The van der Waals surface area contributed by atoms with Gasteiger partial charge < -0.3 is 9.84 Å². The second-order valence-electron chi connectivity index (χ2n) is 5.20. The lowest BCUT2D eigenvalue weighted by Crippen LogP contribution is -2.07. The van der Waals surface area contributed by atoms with Crippen LogP contribution in [0.4, 0.5) is 0 Å². The van der Waals surface area contributed by atoms with Crippen LogP contribution in [0.15, 0.2) is 48.5 Å². The van der Waals surface area contributed by atoms with Crippen LogP contribution in [-0.4, -0.2) is 17.0 Å². The number of aliphatic carboxylic acids is 1. The highest BCUT2D eigenvalue weighted by Gasteiger charge is 2.06. The molecule has 2 aromatic rings. The van der Waals surface area contributed by atoms with Gasteiger partial charge in [0.15, 0.2) is 0 Å². The average Bonchev–Trinajstić information content (AvgIpc) is 2.64. The Labute approximate surface area is 142 Å². The summed E-state index contributed by atoms with van der Waals surface area (Å²) < 4.78 is 12.3. The number of carboxylic acids is 1. The number of carboxylic acid groups (broad SMARTS) is 1. The molecule has 4 heteroatoms. The molecule has 0 amide bonds. The van der Waals surface area contributed by atoms with Gasteiger partial charge in [-0.2, -0.15) is 0 Å². The molecule has 0 heterocycles. The van der Waals surface area contributed by atoms with E-state index in [0.29, 0.717) is 0 Å². The summed E-state index contributed by atoms with van der Waals surface area (Å²) in [5.41, 5.74) is 3.49. The van der Waals surface area contributed by atoms with Crippen molar-refractivity contribution in [1.29, 1.82) is 0 Å². The van der Waals surface area contributed by atoms with Gasteiger partial charge in [0.2, 0.25) is 0 Å². The summed E-state index contributed by atoms with van der Waals surface area (Å²) in [6.45, 7) is 0.372. The van der Waals surface area contributed by atoms with Gasteiger partial charge >= 0.3 is 11.9 Å². The molecule has 0 aliphatic carbocycles. The SMILES string of the molecule is [2H]Cc1ccc(C#Cc2ccc(COC(=O)CCC(=O)O)cc2)cc1. The molecule has 2 aromatic carbocycles. The Hall–Kier alpha value is -3.06. The molecule has 0 aromatic heterocycles. The lowest BCUT2D eigenvalue weighted by molar-refractivity contribution is -0.148. The largest absolute Gasteiger partial charge is 0.481 e. The number of ether oxygens (including phenoxy) is 1. The number of carbonyl (C=O) groups is 2. The first-order valence-electron chi connectivity index (χ1n) is 8.14. The maximum Gasteiger partial charge on any atom is 0.306 e. The molecule has 0 aliphatic heterocycles. The van der Waals surface area contributed by atoms with E-state index in [-0.39, 0.29) is 26.3 Å². The molecule has 2 rings (SSSR count). The highest BCUT2D eigenvalue weighted by molar-refractivity contribution is 5.76. The zero-order valence-corrected chi connectivity index (χ0v) is 13.1. The molecule has 0 saturated carbocycles. The van der Waals surface area contributed by atoms with E-state index in [1.807, 2.05) is 48.5 Å². The fourth-order valence-electron chi connectivity index (χ4n) is 1.86. The van der Waals surface area contributed by atoms with Gasteiger partial charge in [-0.15, -0.1) is 0 Å². The van der Waals surface area contributed by atoms with Gasteiger partial charge in [-0.3, -0.25) is 9.59 Å². The van der Waals surface area contributed by atoms with Gasteiger partial charge in [-0.25, -0.2) is 0 Å². The third kappa shape index (κ3) is 5.98. The minimum absolute atomic E-state index is 0.112. The Morgan fingerprint density at radius 3 is 2.12 bits per heavy atom. The molecule has 0 atom stereocenters. The first kappa shape index (κ1) is 15.8. The van der Waals surface area contributed by atoms with Gasteiger partial charge in [-0.1, -0.05) is 41.7 Å². The molecule has 0 fully saturated rings. The van der Waals surface area contributed by atoms with Crippen LogP contribution >= 0.6 is 0 Å². The number of aryl methyl sites for hydroxylation is 1. The molecular weight excluding hydrogens is 304 g/mol. The fourth-order valence-corrected chi connectivity index (χ4v) is 1.86. The summed E-state index contributed by atoms with van der Waals surface area (Å²) in [4.78, 5) is 21.8. The van der Waals surface area contributed by atoms with Crippen LogP contribution in [-0.2, 0) is 20.9 Å². The van der Waals surface area contributed by atoms with Crippen molar-refractivity contribution in [3.8, 4) is 11.8 Å². The van der Waals surface area contributed by atoms with Crippen molar-refractivity contribution in [2.75, 3.05) is 0 Å². The third-order valence-electron chi connectivity index (χ3n) is 3.20. The molecule has 0 aliphatic rings. The van der Waals surface area contributed by atoms with Gasteiger partial charge in [-0.05, 0) is 36.7 Å². The average molecular weight is 323 g/mol. The van der Waals surface area contributed by atoms with Crippen molar-refractivity contribution in [3.05, 3.63) is 70.8 Å². The second kappa shape index (κ2) is 8.54. The summed E-state index contributed by atoms with van der Waals surface area (Å²) in [6.07, 6.45) is -0.353. The lowest BCUT2D eigenvalue weighted by Gasteiger charge is -2.04. The predicted octanol–water partition coefficient (Wildman–Crippen LogP) is 3.30. The van der Waals surface area contributed by atoms with Crippen molar-refractivity contribution >= 4 is 11.9 Å². The minimum atomic E-state index is -1.02. The number of hydrogen-bond acceptors (Lipinski definition) is 3. The van der Waals surface area contributed by atoms with Crippen LogP contribution in [0.1, 0.15) is 36.5 Å².